The van der Waals surface area contributed by atoms with E-state index in [1.54, 1.807) is 0 Å². The third-order valence-corrected chi connectivity index (χ3v) is 6.02. The minimum Gasteiger partial charge on any atom is -0.495 e. The predicted molar refractivity (Wildman–Crippen MR) is 88.2 cm³/mol. The number of amides is 1. The molecule has 0 bridgehead atoms. The highest BCUT2D eigenvalue weighted by molar-refractivity contribution is 7.89. The van der Waals surface area contributed by atoms with E-state index in [0.717, 1.165) is 0 Å². The minimum absolute atomic E-state index is 0.0971. The summed E-state index contributed by atoms with van der Waals surface area (Å²) in [5.41, 5.74) is 0. The van der Waals surface area contributed by atoms with Crippen LogP contribution in [0.1, 0.15) is 19.8 Å². The number of rotatable bonds is 5. The number of halogens is 1. The Morgan fingerprint density at radius 1 is 1.48 bits per heavy atom. The second-order valence-electron chi connectivity index (χ2n) is 5.39. The summed E-state index contributed by atoms with van der Waals surface area (Å²) in [6.07, 6.45) is 1.35. The third kappa shape index (κ3) is 3.97. The number of carbonyl (C=O) groups excluding carboxylic acids is 1. The Labute approximate surface area is 141 Å². The van der Waals surface area contributed by atoms with E-state index in [4.69, 9.17) is 16.3 Å². The molecule has 1 heterocycles. The van der Waals surface area contributed by atoms with Crippen molar-refractivity contribution in [1.29, 1.82) is 0 Å². The molecule has 1 saturated heterocycles. The molecule has 0 radical (unpaired) electrons. The maximum absolute atomic E-state index is 12.8. The van der Waals surface area contributed by atoms with Crippen LogP contribution in [0, 0.1) is 5.92 Å². The number of benzene rings is 1. The molecule has 0 saturated carbocycles. The maximum atomic E-state index is 12.8. The monoisotopic (exact) mass is 360 g/mol. The number of nitrogens with zero attached hydrogens (tertiary/aromatic N) is 1. The highest BCUT2D eigenvalue weighted by Crippen LogP contribution is 2.30. The molecule has 0 aromatic heterocycles. The second kappa shape index (κ2) is 7.51. The summed E-state index contributed by atoms with van der Waals surface area (Å²) in [7, 11) is -2.21. The zero-order valence-corrected chi connectivity index (χ0v) is 14.8. The van der Waals surface area contributed by atoms with Gasteiger partial charge in [0.05, 0.1) is 22.9 Å². The van der Waals surface area contributed by atoms with Gasteiger partial charge in [-0.3, -0.25) is 4.79 Å². The first-order chi connectivity index (χ1) is 10.9. The number of piperidine rings is 1. The van der Waals surface area contributed by atoms with Crippen molar-refractivity contribution in [3.63, 3.8) is 0 Å². The van der Waals surface area contributed by atoms with Crippen molar-refractivity contribution in [2.45, 2.75) is 24.7 Å². The van der Waals surface area contributed by atoms with Crippen LogP contribution in [0.4, 0.5) is 0 Å². The average molecular weight is 361 g/mol. The lowest BCUT2D eigenvalue weighted by atomic mass is 9.99. The number of hydrogen-bond donors (Lipinski definition) is 1. The Bertz CT molecular complexity index is 678. The summed E-state index contributed by atoms with van der Waals surface area (Å²) in [5.74, 6) is 0.0109. The summed E-state index contributed by atoms with van der Waals surface area (Å²) in [6, 6.07) is 4.38. The molecular formula is C15H21ClN2O4S. The van der Waals surface area contributed by atoms with Crippen molar-refractivity contribution in [2.75, 3.05) is 26.7 Å². The zero-order chi connectivity index (χ0) is 17.0. The Morgan fingerprint density at radius 2 is 2.22 bits per heavy atom. The Morgan fingerprint density at radius 3 is 2.83 bits per heavy atom. The van der Waals surface area contributed by atoms with Gasteiger partial charge in [-0.05, 0) is 38.0 Å². The van der Waals surface area contributed by atoms with Crippen molar-refractivity contribution in [3.8, 4) is 5.75 Å². The topological polar surface area (TPSA) is 75.7 Å². The van der Waals surface area contributed by atoms with Gasteiger partial charge >= 0.3 is 0 Å². The van der Waals surface area contributed by atoms with Gasteiger partial charge in [0.2, 0.25) is 15.9 Å². The average Bonchev–Trinajstić information content (AvgIpc) is 2.55. The van der Waals surface area contributed by atoms with Crippen molar-refractivity contribution in [3.05, 3.63) is 23.2 Å². The van der Waals surface area contributed by atoms with Gasteiger partial charge in [-0.25, -0.2) is 8.42 Å². The van der Waals surface area contributed by atoms with Crippen molar-refractivity contribution < 1.29 is 17.9 Å². The summed E-state index contributed by atoms with van der Waals surface area (Å²) >= 11 is 6.02. The number of ether oxygens (including phenoxy) is 1. The molecule has 2 rings (SSSR count). The number of nitrogens with one attached hydrogen (secondary N) is 1. The lowest BCUT2D eigenvalue weighted by Gasteiger charge is -2.31. The van der Waals surface area contributed by atoms with Crippen LogP contribution in [0.25, 0.3) is 0 Å². The Balaban J connectivity index is 2.21. The summed E-state index contributed by atoms with van der Waals surface area (Å²) in [6.45, 7) is 2.98. The Kier molecular flexibility index (Phi) is 5.89. The van der Waals surface area contributed by atoms with Gasteiger partial charge in [-0.15, -0.1) is 0 Å². The highest BCUT2D eigenvalue weighted by Gasteiger charge is 2.33. The van der Waals surface area contributed by atoms with Crippen LogP contribution >= 0.6 is 11.6 Å². The molecule has 1 aromatic carbocycles. The molecule has 1 aromatic rings. The third-order valence-electron chi connectivity index (χ3n) is 3.87. The summed E-state index contributed by atoms with van der Waals surface area (Å²) in [4.78, 5) is 12.1. The molecule has 1 aliphatic rings. The summed E-state index contributed by atoms with van der Waals surface area (Å²) < 4.78 is 31.9. The van der Waals surface area contributed by atoms with E-state index in [-0.39, 0.29) is 28.3 Å². The second-order valence-corrected chi connectivity index (χ2v) is 7.74. The summed E-state index contributed by atoms with van der Waals surface area (Å²) in [5, 5.41) is 2.99. The maximum Gasteiger partial charge on any atom is 0.243 e. The highest BCUT2D eigenvalue weighted by atomic mass is 35.5. The predicted octanol–water partition coefficient (Wildman–Crippen LogP) is 1.89. The first-order valence-electron chi connectivity index (χ1n) is 7.51. The van der Waals surface area contributed by atoms with Crippen LogP contribution < -0.4 is 10.1 Å². The molecule has 1 N–H and O–H groups in total. The smallest absolute Gasteiger partial charge is 0.243 e. The van der Waals surface area contributed by atoms with E-state index in [9.17, 15) is 13.2 Å². The largest absolute Gasteiger partial charge is 0.495 e. The van der Waals surface area contributed by atoms with Crippen molar-refractivity contribution in [2.24, 2.45) is 5.92 Å². The molecule has 23 heavy (non-hydrogen) atoms. The normalized spacial score (nSPS) is 19.3. The number of carbonyl (C=O) groups is 1. The molecule has 0 spiro atoms. The molecule has 1 aliphatic heterocycles. The van der Waals surface area contributed by atoms with E-state index in [1.807, 2.05) is 6.92 Å². The number of sulfonamides is 1. The SMILES string of the molecule is CCNC(=O)C1CCCN(S(=O)(=O)c2ccc(OC)c(Cl)c2)C1. The lowest BCUT2D eigenvalue weighted by molar-refractivity contribution is -0.125. The van der Waals surface area contributed by atoms with E-state index in [0.29, 0.717) is 31.7 Å². The van der Waals surface area contributed by atoms with E-state index in [1.165, 1.54) is 29.6 Å². The first-order valence-corrected chi connectivity index (χ1v) is 9.33. The standard InChI is InChI=1S/C15H21ClN2O4S/c1-3-17-15(19)11-5-4-8-18(10-11)23(20,21)12-6-7-14(22-2)13(16)9-12/h6-7,9,11H,3-5,8,10H2,1-2H3,(H,17,19). The first kappa shape index (κ1) is 18.0. The van der Waals surface area contributed by atoms with Crippen LogP contribution in [0.15, 0.2) is 23.1 Å². The van der Waals surface area contributed by atoms with Gasteiger partial charge < -0.3 is 10.1 Å². The van der Waals surface area contributed by atoms with Gasteiger partial charge in [-0.1, -0.05) is 11.6 Å². The molecule has 6 nitrogen and oxygen atoms in total. The number of hydrogen-bond acceptors (Lipinski definition) is 4. The van der Waals surface area contributed by atoms with E-state index >= 15 is 0 Å². The van der Waals surface area contributed by atoms with Crippen molar-refractivity contribution in [1.82, 2.24) is 9.62 Å². The van der Waals surface area contributed by atoms with Gasteiger partial charge in [0.25, 0.3) is 0 Å². The fourth-order valence-electron chi connectivity index (χ4n) is 2.65. The fourth-order valence-corrected chi connectivity index (χ4v) is 4.52. The molecule has 1 fully saturated rings. The van der Waals surface area contributed by atoms with Crippen LogP contribution in [-0.4, -0.2) is 45.4 Å². The quantitative estimate of drug-likeness (QED) is 0.870. The molecule has 8 heteroatoms. The molecular weight excluding hydrogens is 340 g/mol. The molecule has 128 valence electrons. The van der Waals surface area contributed by atoms with Crippen LogP contribution in [0.5, 0.6) is 5.75 Å². The molecule has 1 atom stereocenters. The van der Waals surface area contributed by atoms with Gasteiger partial charge in [0.1, 0.15) is 5.75 Å². The van der Waals surface area contributed by atoms with Crippen LogP contribution in [0.2, 0.25) is 5.02 Å². The molecule has 0 aliphatic carbocycles. The van der Waals surface area contributed by atoms with Gasteiger partial charge in [0.15, 0.2) is 0 Å². The zero-order valence-electron chi connectivity index (χ0n) is 13.2. The van der Waals surface area contributed by atoms with E-state index < -0.39 is 10.0 Å². The minimum atomic E-state index is -3.68. The molecule has 1 unspecified atom stereocenters. The number of methoxy groups -OCH3 is 1. The Hall–Kier alpha value is -1.31. The van der Waals surface area contributed by atoms with Gasteiger partial charge in [0, 0.05) is 19.6 Å². The van der Waals surface area contributed by atoms with Crippen LogP contribution in [0.3, 0.4) is 0 Å². The van der Waals surface area contributed by atoms with Crippen molar-refractivity contribution >= 4 is 27.5 Å². The van der Waals surface area contributed by atoms with E-state index in [2.05, 4.69) is 5.32 Å². The lowest BCUT2D eigenvalue weighted by Crippen LogP contribution is -2.45. The molecule has 1 amide bonds. The van der Waals surface area contributed by atoms with Crippen LogP contribution in [-0.2, 0) is 14.8 Å². The fraction of sp³-hybridized carbons (Fsp3) is 0.533. The van der Waals surface area contributed by atoms with Gasteiger partial charge in [-0.2, -0.15) is 4.31 Å².